The van der Waals surface area contributed by atoms with E-state index in [-0.39, 0.29) is 36.8 Å². The van der Waals surface area contributed by atoms with E-state index in [2.05, 4.69) is 10.3 Å². The molecule has 1 saturated carbocycles. The van der Waals surface area contributed by atoms with Gasteiger partial charge in [-0.05, 0) is 32.2 Å². The van der Waals surface area contributed by atoms with Gasteiger partial charge in [-0.1, -0.05) is 36.8 Å². The summed E-state index contributed by atoms with van der Waals surface area (Å²) in [6.07, 6.45) is 3.28. The van der Waals surface area contributed by atoms with E-state index < -0.39 is 0 Å². The van der Waals surface area contributed by atoms with Crippen LogP contribution in [0, 0.1) is 12.8 Å². The summed E-state index contributed by atoms with van der Waals surface area (Å²) in [6.45, 7) is 2.54. The molecule has 2 unspecified atom stereocenters. The zero-order valence-electron chi connectivity index (χ0n) is 13.5. The largest absolute Gasteiger partial charge is 0.348 e. The number of nitrogens with one attached hydrogen (secondary N) is 1. The fourth-order valence-corrected chi connectivity index (χ4v) is 4.03. The molecule has 3 rings (SSSR count). The van der Waals surface area contributed by atoms with E-state index in [0.29, 0.717) is 17.3 Å². The van der Waals surface area contributed by atoms with E-state index in [9.17, 15) is 4.79 Å². The minimum Gasteiger partial charge on any atom is -0.348 e. The molecule has 132 valence electrons. The molecule has 7 heteroatoms. The highest BCUT2D eigenvalue weighted by molar-refractivity contribution is 7.17. The first-order chi connectivity index (χ1) is 10.7. The number of carbonyl (C=O) groups is 1. The summed E-state index contributed by atoms with van der Waals surface area (Å²) in [5.74, 6) is 0.397. The third kappa shape index (κ3) is 4.48. The topological polar surface area (TPSA) is 68.0 Å². The van der Waals surface area contributed by atoms with Crippen molar-refractivity contribution in [1.82, 2.24) is 10.3 Å². The third-order valence-corrected chi connectivity index (χ3v) is 5.51. The van der Waals surface area contributed by atoms with E-state index >= 15 is 0 Å². The lowest BCUT2D eigenvalue weighted by molar-refractivity contribution is 0.0932. The van der Waals surface area contributed by atoms with Gasteiger partial charge in [-0.2, -0.15) is 0 Å². The molecule has 0 saturated heterocycles. The molecular weight excluding hydrogens is 365 g/mol. The Morgan fingerprint density at radius 3 is 2.67 bits per heavy atom. The van der Waals surface area contributed by atoms with Crippen LogP contribution >= 0.6 is 36.2 Å². The summed E-state index contributed by atoms with van der Waals surface area (Å²) in [7, 11) is 0. The van der Waals surface area contributed by atoms with Crippen LogP contribution in [0.3, 0.4) is 0 Å². The number of halogens is 2. The van der Waals surface area contributed by atoms with Gasteiger partial charge >= 0.3 is 0 Å². The lowest BCUT2D eigenvalue weighted by Crippen LogP contribution is -2.39. The number of aryl methyl sites for hydroxylation is 1. The summed E-state index contributed by atoms with van der Waals surface area (Å²) >= 11 is 1.46. The van der Waals surface area contributed by atoms with Gasteiger partial charge in [0.1, 0.15) is 9.88 Å². The summed E-state index contributed by atoms with van der Waals surface area (Å²) in [6, 6.07) is 10.2. The van der Waals surface area contributed by atoms with Crippen molar-refractivity contribution >= 4 is 42.1 Å². The Labute approximate surface area is 159 Å². The molecule has 1 aliphatic carbocycles. The average Bonchev–Trinajstić information content (AvgIpc) is 3.14. The highest BCUT2D eigenvalue weighted by atomic mass is 35.5. The standard InChI is InChI=1S/C17H21N3OS.2ClH/c1-11-15(16(21)20-14-9-5-8-13(14)10-18)22-17(19-11)12-6-3-2-4-7-12;;/h2-4,6-7,13-14H,5,8-10,18H2,1H3,(H,20,21);2*1H. The SMILES string of the molecule is Cc1nc(-c2ccccc2)sc1C(=O)NC1CCCC1CN.Cl.Cl. The van der Waals surface area contributed by atoms with Crippen molar-refractivity contribution in [3.05, 3.63) is 40.9 Å². The predicted molar refractivity (Wildman–Crippen MR) is 104 cm³/mol. The first-order valence-electron chi connectivity index (χ1n) is 7.73. The van der Waals surface area contributed by atoms with E-state index in [1.54, 1.807) is 0 Å². The van der Waals surface area contributed by atoms with Gasteiger partial charge in [0.25, 0.3) is 5.91 Å². The second-order valence-corrected chi connectivity index (χ2v) is 6.81. The lowest BCUT2D eigenvalue weighted by atomic mass is 10.0. The molecule has 1 fully saturated rings. The fraction of sp³-hybridized carbons (Fsp3) is 0.412. The summed E-state index contributed by atoms with van der Waals surface area (Å²) in [5, 5.41) is 4.05. The highest BCUT2D eigenvalue weighted by Crippen LogP contribution is 2.29. The molecule has 1 aromatic carbocycles. The van der Waals surface area contributed by atoms with Crippen molar-refractivity contribution in [3.63, 3.8) is 0 Å². The number of aromatic nitrogens is 1. The normalized spacial score (nSPS) is 19.2. The Morgan fingerprint density at radius 2 is 2.00 bits per heavy atom. The molecule has 1 aliphatic rings. The second-order valence-electron chi connectivity index (χ2n) is 5.81. The summed E-state index contributed by atoms with van der Waals surface area (Å²) in [5.41, 5.74) is 7.63. The average molecular weight is 388 g/mol. The number of rotatable bonds is 4. The van der Waals surface area contributed by atoms with Crippen molar-refractivity contribution in [2.75, 3.05) is 6.54 Å². The van der Waals surface area contributed by atoms with Crippen LogP contribution in [0.15, 0.2) is 30.3 Å². The molecule has 3 N–H and O–H groups in total. The Morgan fingerprint density at radius 1 is 1.29 bits per heavy atom. The van der Waals surface area contributed by atoms with Gasteiger partial charge < -0.3 is 11.1 Å². The van der Waals surface area contributed by atoms with E-state index in [4.69, 9.17) is 5.73 Å². The fourth-order valence-electron chi connectivity index (χ4n) is 3.05. The molecule has 1 aromatic heterocycles. The number of hydrogen-bond acceptors (Lipinski definition) is 4. The van der Waals surface area contributed by atoms with Crippen LogP contribution in [0.4, 0.5) is 0 Å². The molecule has 24 heavy (non-hydrogen) atoms. The van der Waals surface area contributed by atoms with Crippen molar-refractivity contribution in [3.8, 4) is 10.6 Å². The maximum Gasteiger partial charge on any atom is 0.263 e. The van der Waals surface area contributed by atoms with E-state index in [1.165, 1.54) is 11.3 Å². The number of thiazole rings is 1. The number of carbonyl (C=O) groups excluding carboxylic acids is 1. The number of amides is 1. The first kappa shape index (κ1) is 20.9. The Balaban J connectivity index is 0.00000144. The molecular formula is C17H23Cl2N3OS. The second kappa shape index (κ2) is 9.37. The molecule has 0 radical (unpaired) electrons. The minimum atomic E-state index is -0.0115. The first-order valence-corrected chi connectivity index (χ1v) is 8.54. The van der Waals surface area contributed by atoms with Gasteiger partial charge in [-0.3, -0.25) is 4.79 Å². The van der Waals surface area contributed by atoms with Gasteiger partial charge in [0.05, 0.1) is 5.69 Å². The Kier molecular flexibility index (Phi) is 8.16. The van der Waals surface area contributed by atoms with Crippen LogP contribution in [0.5, 0.6) is 0 Å². The third-order valence-electron chi connectivity index (χ3n) is 4.30. The summed E-state index contributed by atoms with van der Waals surface area (Å²) < 4.78 is 0. The molecule has 0 aliphatic heterocycles. The van der Waals surface area contributed by atoms with Crippen molar-refractivity contribution in [2.45, 2.75) is 32.2 Å². The lowest BCUT2D eigenvalue weighted by Gasteiger charge is -2.19. The van der Waals surface area contributed by atoms with Crippen LogP contribution < -0.4 is 11.1 Å². The molecule has 0 bridgehead atoms. The molecule has 4 nitrogen and oxygen atoms in total. The zero-order valence-corrected chi connectivity index (χ0v) is 16.0. The van der Waals surface area contributed by atoms with Crippen molar-refractivity contribution in [1.29, 1.82) is 0 Å². The van der Waals surface area contributed by atoms with Crippen LogP contribution in [0.25, 0.3) is 10.6 Å². The molecule has 0 spiro atoms. The zero-order chi connectivity index (χ0) is 15.5. The molecule has 1 amide bonds. The Hall–Kier alpha value is -1.14. The van der Waals surface area contributed by atoms with Crippen LogP contribution in [0.1, 0.15) is 34.6 Å². The molecule has 1 heterocycles. The Bertz CT molecular complexity index is 663. The van der Waals surface area contributed by atoms with Gasteiger partial charge in [0.15, 0.2) is 0 Å². The van der Waals surface area contributed by atoms with Gasteiger partial charge in [-0.25, -0.2) is 4.98 Å². The number of nitrogens with two attached hydrogens (primary N) is 1. The maximum atomic E-state index is 12.5. The smallest absolute Gasteiger partial charge is 0.263 e. The van der Waals surface area contributed by atoms with Crippen LogP contribution in [-0.4, -0.2) is 23.5 Å². The van der Waals surface area contributed by atoms with Crippen molar-refractivity contribution < 1.29 is 4.79 Å². The maximum absolute atomic E-state index is 12.5. The number of nitrogens with zero attached hydrogens (tertiary/aromatic N) is 1. The quantitative estimate of drug-likeness (QED) is 0.837. The van der Waals surface area contributed by atoms with Crippen molar-refractivity contribution in [2.24, 2.45) is 11.7 Å². The van der Waals surface area contributed by atoms with Gasteiger partial charge in [0, 0.05) is 11.6 Å². The molecule has 2 atom stereocenters. The number of benzene rings is 1. The van der Waals surface area contributed by atoms with E-state index in [0.717, 1.165) is 35.5 Å². The molecule has 2 aromatic rings. The monoisotopic (exact) mass is 387 g/mol. The minimum absolute atomic E-state index is 0. The number of hydrogen-bond donors (Lipinski definition) is 2. The van der Waals surface area contributed by atoms with Gasteiger partial charge in [0.2, 0.25) is 0 Å². The van der Waals surface area contributed by atoms with Gasteiger partial charge in [-0.15, -0.1) is 36.2 Å². The summed E-state index contributed by atoms with van der Waals surface area (Å²) in [4.78, 5) is 17.8. The van der Waals surface area contributed by atoms with Crippen LogP contribution in [-0.2, 0) is 0 Å². The van der Waals surface area contributed by atoms with E-state index in [1.807, 2.05) is 37.3 Å². The van der Waals surface area contributed by atoms with Crippen LogP contribution in [0.2, 0.25) is 0 Å². The highest BCUT2D eigenvalue weighted by Gasteiger charge is 2.28. The predicted octanol–water partition coefficient (Wildman–Crippen LogP) is 3.82.